The first-order chi connectivity index (χ1) is 23.5. The van der Waals surface area contributed by atoms with Gasteiger partial charge in [0.1, 0.15) is 0 Å². The van der Waals surface area contributed by atoms with Gasteiger partial charge in [0.05, 0.1) is 5.76 Å². The average Bonchev–Trinajstić information content (AvgIpc) is 3.14. The van der Waals surface area contributed by atoms with Crippen LogP contribution in [0.1, 0.15) is 13.8 Å². The van der Waals surface area contributed by atoms with E-state index in [0.717, 1.165) is 31.1 Å². The zero-order valence-electron chi connectivity index (χ0n) is 27.1. The van der Waals surface area contributed by atoms with Crippen molar-refractivity contribution >= 4 is 68.7 Å². The highest BCUT2D eigenvalue weighted by Crippen LogP contribution is 2.19. The largest absolute Gasteiger partial charge is 0.980 e. The smallest absolute Gasteiger partial charge is 0.603 e. The van der Waals surface area contributed by atoms with E-state index in [-0.39, 0.29) is 5.78 Å². The second-order valence-corrected chi connectivity index (χ2v) is 20.5. The van der Waals surface area contributed by atoms with Crippen LogP contribution in [0.4, 0.5) is 0 Å². The highest BCUT2D eigenvalue weighted by Gasteiger charge is 2.56. The molecule has 0 saturated carbocycles. The number of ketones is 1. The van der Waals surface area contributed by atoms with Crippen LogP contribution in [0, 0.1) is 0 Å². The summed E-state index contributed by atoms with van der Waals surface area (Å²) < 4.78 is 22.2. The average molecular weight is 677 g/mol. The molecule has 0 unspecified atom stereocenters. The molecular formula is C41H37AlO4Si2. The van der Waals surface area contributed by atoms with Gasteiger partial charge in [-0.1, -0.05) is 182 Å². The van der Waals surface area contributed by atoms with Crippen molar-refractivity contribution in [3.63, 3.8) is 0 Å². The molecule has 0 N–H and O–H groups in total. The first kappa shape index (κ1) is 33.3. The Morgan fingerprint density at radius 3 is 0.875 bits per heavy atom. The monoisotopic (exact) mass is 676 g/mol. The Morgan fingerprint density at radius 2 is 0.667 bits per heavy atom. The maximum Gasteiger partial charge on any atom is 0.980 e. The van der Waals surface area contributed by atoms with Crippen LogP contribution in [0.5, 0.6) is 0 Å². The SMILES string of the molecule is CC(=O)/C=C(/C)[O][Al]([O][Si](c1ccccc1)(c1ccccc1)c1ccccc1)[O][Si](c1ccccc1)(c1ccccc1)c1ccccc1. The van der Waals surface area contributed by atoms with Gasteiger partial charge in [-0.05, 0) is 45.0 Å². The Hall–Kier alpha value is -4.58. The van der Waals surface area contributed by atoms with Crippen LogP contribution in [0.3, 0.4) is 0 Å². The summed E-state index contributed by atoms with van der Waals surface area (Å²) in [5.41, 5.74) is 0. The van der Waals surface area contributed by atoms with Crippen molar-refractivity contribution in [1.82, 2.24) is 0 Å². The van der Waals surface area contributed by atoms with Gasteiger partial charge >= 0.3 is 15.1 Å². The number of benzene rings is 6. The van der Waals surface area contributed by atoms with Crippen molar-refractivity contribution in [3.8, 4) is 0 Å². The molecule has 0 fully saturated rings. The molecule has 0 radical (unpaired) electrons. The van der Waals surface area contributed by atoms with Crippen molar-refractivity contribution in [1.29, 1.82) is 0 Å². The fourth-order valence-corrected chi connectivity index (χ4v) is 19.2. The number of allylic oxidation sites excluding steroid dienone is 2. The van der Waals surface area contributed by atoms with Crippen LogP contribution in [-0.2, 0) is 15.5 Å². The Labute approximate surface area is 290 Å². The van der Waals surface area contributed by atoms with Gasteiger partial charge in [0.2, 0.25) is 0 Å². The van der Waals surface area contributed by atoms with E-state index in [1.54, 1.807) is 0 Å². The molecule has 6 aromatic rings. The third-order valence-corrected chi connectivity index (χ3v) is 20.1. The first-order valence-corrected chi connectivity index (χ1v) is 21.3. The van der Waals surface area contributed by atoms with Gasteiger partial charge in [0, 0.05) is 6.08 Å². The van der Waals surface area contributed by atoms with Gasteiger partial charge in [-0.2, -0.15) is 0 Å². The lowest BCUT2D eigenvalue weighted by Crippen LogP contribution is -2.75. The van der Waals surface area contributed by atoms with Crippen molar-refractivity contribution in [3.05, 3.63) is 194 Å². The molecule has 0 aromatic heterocycles. The summed E-state index contributed by atoms with van der Waals surface area (Å²) in [5.74, 6) is 0.365. The molecule has 0 bridgehead atoms. The van der Waals surface area contributed by atoms with Gasteiger partial charge in [0.25, 0.3) is 16.6 Å². The highest BCUT2D eigenvalue weighted by atomic mass is 28.4. The van der Waals surface area contributed by atoms with Gasteiger partial charge in [-0.15, -0.1) is 0 Å². The van der Waals surface area contributed by atoms with Crippen molar-refractivity contribution in [2.75, 3.05) is 0 Å². The summed E-state index contributed by atoms with van der Waals surface area (Å²) in [6.07, 6.45) is 1.51. The first-order valence-electron chi connectivity index (χ1n) is 16.1. The molecule has 0 saturated heterocycles. The summed E-state index contributed by atoms with van der Waals surface area (Å²) in [6.45, 7) is 3.33. The van der Waals surface area contributed by atoms with Crippen molar-refractivity contribution in [2.45, 2.75) is 13.8 Å². The molecule has 0 atom stereocenters. The molecule has 0 spiro atoms. The maximum absolute atomic E-state index is 12.3. The van der Waals surface area contributed by atoms with E-state index in [2.05, 4.69) is 146 Å². The Kier molecular flexibility index (Phi) is 10.8. The number of hydrogen-bond donors (Lipinski definition) is 0. The molecule has 6 aromatic carbocycles. The van der Waals surface area contributed by atoms with Gasteiger partial charge < -0.3 is 10.7 Å². The topological polar surface area (TPSA) is 44.8 Å². The summed E-state index contributed by atoms with van der Waals surface area (Å²) >= 11 is -3.22. The zero-order chi connectivity index (χ0) is 33.2. The molecule has 0 heterocycles. The molecule has 48 heavy (non-hydrogen) atoms. The summed E-state index contributed by atoms with van der Waals surface area (Å²) in [5, 5.41) is 6.45. The number of carbonyl (C=O) groups is 1. The fourth-order valence-electron chi connectivity index (χ4n) is 6.28. The predicted molar refractivity (Wildman–Crippen MR) is 201 cm³/mol. The number of hydrogen-bond acceptors (Lipinski definition) is 4. The number of rotatable bonds is 13. The third-order valence-electron chi connectivity index (χ3n) is 8.32. The molecule has 0 aliphatic heterocycles. The molecule has 6 rings (SSSR count). The maximum atomic E-state index is 12.3. The van der Waals surface area contributed by atoms with Crippen LogP contribution >= 0.6 is 0 Å². The Morgan fingerprint density at radius 1 is 0.438 bits per heavy atom. The van der Waals surface area contributed by atoms with E-state index < -0.39 is 31.8 Å². The molecular weight excluding hydrogens is 640 g/mol. The van der Waals surface area contributed by atoms with E-state index in [1.807, 2.05) is 43.3 Å². The summed E-state index contributed by atoms with van der Waals surface area (Å²) in [6, 6.07) is 62.6. The lowest BCUT2D eigenvalue weighted by atomic mass is 10.3. The second kappa shape index (κ2) is 15.5. The highest BCUT2D eigenvalue weighted by molar-refractivity contribution is 7.11. The van der Waals surface area contributed by atoms with E-state index in [9.17, 15) is 4.79 Å². The second-order valence-electron chi connectivity index (χ2n) is 11.6. The minimum Gasteiger partial charge on any atom is -0.603 e. The van der Waals surface area contributed by atoms with E-state index >= 15 is 0 Å². The van der Waals surface area contributed by atoms with Crippen molar-refractivity contribution < 1.29 is 15.5 Å². The quantitative estimate of drug-likeness (QED) is 0.0760. The van der Waals surface area contributed by atoms with Crippen LogP contribution in [0.15, 0.2) is 194 Å². The summed E-state index contributed by atoms with van der Waals surface area (Å²) in [7, 11) is -6.55. The molecule has 236 valence electrons. The minimum absolute atomic E-state index is 0.101. The molecule has 0 aliphatic rings. The zero-order valence-corrected chi connectivity index (χ0v) is 30.3. The summed E-state index contributed by atoms with van der Waals surface area (Å²) in [4.78, 5) is 12.3. The Balaban J connectivity index is 1.63. The van der Waals surface area contributed by atoms with Gasteiger partial charge in [-0.25, -0.2) is 0 Å². The minimum atomic E-state index is -3.27. The Bertz CT molecular complexity index is 1600. The third kappa shape index (κ3) is 7.13. The van der Waals surface area contributed by atoms with Crippen LogP contribution in [0.25, 0.3) is 0 Å². The van der Waals surface area contributed by atoms with Crippen molar-refractivity contribution in [2.24, 2.45) is 0 Å². The van der Waals surface area contributed by atoms with E-state index in [1.165, 1.54) is 13.0 Å². The van der Waals surface area contributed by atoms with Gasteiger partial charge in [-0.3, -0.25) is 4.79 Å². The normalized spacial score (nSPS) is 11.9. The predicted octanol–water partition coefficient (Wildman–Crippen LogP) is 4.85. The fraction of sp³-hybridized carbons (Fsp3) is 0.0488. The standard InChI is InChI=1S/2C18H15OSi.C5H8O2.Al/c2*19-20(16-10-4-1-5-11-16,17-12-6-2-7-13-17)18-14-8-3-9-15-18;1-4(6)3-5(2)7;/h2*1-15H;3,6H,1-2H3;/q2*-1;;+3/p-1/b;;4-3-;. The van der Waals surface area contributed by atoms with Crippen LogP contribution < -0.4 is 31.1 Å². The van der Waals surface area contributed by atoms with Gasteiger partial charge in [0.15, 0.2) is 5.78 Å². The van der Waals surface area contributed by atoms with E-state index in [0.29, 0.717) is 5.76 Å². The molecule has 7 heteroatoms. The molecule has 4 nitrogen and oxygen atoms in total. The molecule has 0 amide bonds. The lowest BCUT2D eigenvalue weighted by molar-refractivity contribution is -0.112. The van der Waals surface area contributed by atoms with Crippen LogP contribution in [-0.4, -0.2) is 37.6 Å². The lowest BCUT2D eigenvalue weighted by Gasteiger charge is -2.39. The molecule has 0 aliphatic carbocycles. The van der Waals surface area contributed by atoms with Crippen LogP contribution in [0.2, 0.25) is 0 Å². The van der Waals surface area contributed by atoms with E-state index in [4.69, 9.17) is 10.7 Å². The number of carbonyl (C=O) groups excluding carboxylic acids is 1.